The van der Waals surface area contributed by atoms with Crippen LogP contribution in [0.15, 0.2) is 45.6 Å². The van der Waals surface area contributed by atoms with E-state index in [0.29, 0.717) is 12.0 Å². The molecule has 3 aliphatic heterocycles. The van der Waals surface area contributed by atoms with Gasteiger partial charge < -0.3 is 10.2 Å². The first-order chi connectivity index (χ1) is 11.3. The van der Waals surface area contributed by atoms with Crippen LogP contribution in [0.25, 0.3) is 0 Å². The SMILES string of the molecule is O=C(N[C@H]1CN2CCC1CC2)c1ccc(Sc2ccsn2)cc1. The predicted octanol–water partition coefficient (Wildman–Crippen LogP) is 3.12. The summed E-state index contributed by atoms with van der Waals surface area (Å²) in [7, 11) is 0. The molecular formula is C17H19N3OS2. The molecule has 6 heteroatoms. The molecule has 4 heterocycles. The summed E-state index contributed by atoms with van der Waals surface area (Å²) in [4.78, 5) is 16.0. The molecule has 2 aromatic rings. The second-order valence-corrected chi connectivity index (χ2v) is 7.94. The van der Waals surface area contributed by atoms with Gasteiger partial charge in [-0.3, -0.25) is 4.79 Å². The summed E-state index contributed by atoms with van der Waals surface area (Å²) in [6.45, 7) is 3.40. The minimum Gasteiger partial charge on any atom is -0.348 e. The van der Waals surface area contributed by atoms with E-state index >= 15 is 0 Å². The highest BCUT2D eigenvalue weighted by Gasteiger charge is 2.34. The molecule has 4 nitrogen and oxygen atoms in total. The lowest BCUT2D eigenvalue weighted by atomic mass is 9.84. The first-order valence-electron chi connectivity index (χ1n) is 7.99. The van der Waals surface area contributed by atoms with Crippen LogP contribution >= 0.6 is 23.3 Å². The Morgan fingerprint density at radius 3 is 2.61 bits per heavy atom. The van der Waals surface area contributed by atoms with Crippen molar-refractivity contribution in [3.63, 3.8) is 0 Å². The van der Waals surface area contributed by atoms with E-state index in [-0.39, 0.29) is 5.91 Å². The zero-order valence-corrected chi connectivity index (χ0v) is 14.4. The van der Waals surface area contributed by atoms with Gasteiger partial charge in [-0.2, -0.15) is 4.37 Å². The van der Waals surface area contributed by atoms with E-state index in [9.17, 15) is 4.79 Å². The lowest BCUT2D eigenvalue weighted by Crippen LogP contribution is -2.57. The lowest BCUT2D eigenvalue weighted by Gasteiger charge is -2.44. The molecule has 1 N–H and O–H groups in total. The molecule has 2 bridgehead atoms. The standard InChI is InChI=1S/C17H19N3OS2/c21-17(18-15-11-20-8-5-12(15)6-9-20)13-1-3-14(4-2-13)23-16-7-10-22-19-16/h1-4,7,10,12,15H,5-6,8-9,11H2,(H,18,21)/t15-/m0/s1. The van der Waals surface area contributed by atoms with Crippen molar-refractivity contribution in [1.82, 2.24) is 14.6 Å². The fourth-order valence-electron chi connectivity index (χ4n) is 3.43. The fourth-order valence-corrected chi connectivity index (χ4v) is 4.86. The van der Waals surface area contributed by atoms with Crippen LogP contribution in [0, 0.1) is 5.92 Å². The molecule has 0 unspecified atom stereocenters. The first-order valence-corrected chi connectivity index (χ1v) is 9.65. The van der Waals surface area contributed by atoms with Crippen molar-refractivity contribution in [1.29, 1.82) is 0 Å². The number of fused-ring (bicyclic) bond motifs is 3. The Hall–Kier alpha value is -1.37. The number of hydrogen-bond acceptors (Lipinski definition) is 5. The molecule has 120 valence electrons. The molecule has 5 rings (SSSR count). The van der Waals surface area contributed by atoms with Crippen LogP contribution in [-0.2, 0) is 0 Å². The topological polar surface area (TPSA) is 45.2 Å². The van der Waals surface area contributed by atoms with Gasteiger partial charge in [0.25, 0.3) is 5.91 Å². The number of carbonyl (C=O) groups is 1. The van der Waals surface area contributed by atoms with Gasteiger partial charge in [-0.1, -0.05) is 11.8 Å². The highest BCUT2D eigenvalue weighted by atomic mass is 32.2. The largest absolute Gasteiger partial charge is 0.348 e. The summed E-state index contributed by atoms with van der Waals surface area (Å²) < 4.78 is 4.29. The molecular weight excluding hydrogens is 326 g/mol. The van der Waals surface area contributed by atoms with Crippen molar-refractivity contribution >= 4 is 29.2 Å². The number of benzene rings is 1. The Morgan fingerprint density at radius 1 is 1.22 bits per heavy atom. The van der Waals surface area contributed by atoms with Gasteiger partial charge in [-0.15, -0.1) is 0 Å². The molecule has 1 atom stereocenters. The van der Waals surface area contributed by atoms with E-state index in [4.69, 9.17) is 0 Å². The Balaban J connectivity index is 1.38. The molecule has 1 aromatic heterocycles. The fraction of sp³-hybridized carbons (Fsp3) is 0.412. The molecule has 3 saturated heterocycles. The van der Waals surface area contributed by atoms with Gasteiger partial charge in [0.05, 0.1) is 0 Å². The average molecular weight is 345 g/mol. The van der Waals surface area contributed by atoms with Gasteiger partial charge in [0.15, 0.2) is 0 Å². The van der Waals surface area contributed by atoms with Crippen LogP contribution in [-0.4, -0.2) is 40.9 Å². The van der Waals surface area contributed by atoms with Crippen LogP contribution in [0.4, 0.5) is 0 Å². The van der Waals surface area contributed by atoms with Crippen LogP contribution in [0.5, 0.6) is 0 Å². The molecule has 0 aliphatic carbocycles. The van der Waals surface area contributed by atoms with Gasteiger partial charge in [0, 0.05) is 28.4 Å². The molecule has 0 saturated carbocycles. The smallest absolute Gasteiger partial charge is 0.251 e. The van der Waals surface area contributed by atoms with Crippen molar-refractivity contribution in [3.05, 3.63) is 41.3 Å². The molecule has 23 heavy (non-hydrogen) atoms. The number of hydrogen-bond donors (Lipinski definition) is 1. The zero-order chi connectivity index (χ0) is 15.6. The number of nitrogens with zero attached hydrogens (tertiary/aromatic N) is 2. The van der Waals surface area contributed by atoms with Crippen LogP contribution in [0.3, 0.4) is 0 Å². The van der Waals surface area contributed by atoms with Crippen molar-refractivity contribution in [2.45, 2.75) is 28.8 Å². The van der Waals surface area contributed by atoms with E-state index in [1.54, 1.807) is 11.8 Å². The summed E-state index contributed by atoms with van der Waals surface area (Å²) in [6, 6.07) is 10.1. The first kappa shape index (κ1) is 15.2. The quantitative estimate of drug-likeness (QED) is 0.925. The lowest BCUT2D eigenvalue weighted by molar-refractivity contribution is 0.0620. The van der Waals surface area contributed by atoms with Crippen molar-refractivity contribution in [2.75, 3.05) is 19.6 Å². The Bertz CT molecular complexity index is 664. The molecule has 0 spiro atoms. The van der Waals surface area contributed by atoms with E-state index < -0.39 is 0 Å². The van der Waals surface area contributed by atoms with Crippen molar-refractivity contribution in [2.24, 2.45) is 5.92 Å². The van der Waals surface area contributed by atoms with Crippen LogP contribution < -0.4 is 5.32 Å². The maximum atomic E-state index is 12.5. The van der Waals surface area contributed by atoms with Gasteiger partial charge in [0.1, 0.15) is 5.03 Å². The van der Waals surface area contributed by atoms with Gasteiger partial charge in [-0.05, 0) is 73.7 Å². The summed E-state index contributed by atoms with van der Waals surface area (Å²) in [6.07, 6.45) is 2.43. The zero-order valence-electron chi connectivity index (χ0n) is 12.8. The van der Waals surface area contributed by atoms with E-state index in [1.807, 2.05) is 35.7 Å². The summed E-state index contributed by atoms with van der Waals surface area (Å²) >= 11 is 3.07. The van der Waals surface area contributed by atoms with Crippen molar-refractivity contribution in [3.8, 4) is 0 Å². The number of rotatable bonds is 4. The number of nitrogens with one attached hydrogen (secondary N) is 1. The van der Waals surface area contributed by atoms with E-state index in [1.165, 1.54) is 37.5 Å². The van der Waals surface area contributed by atoms with Crippen LogP contribution in [0.2, 0.25) is 0 Å². The normalized spacial score (nSPS) is 26.2. The maximum Gasteiger partial charge on any atom is 0.251 e. The third-order valence-corrected chi connectivity index (χ3v) is 6.35. The monoisotopic (exact) mass is 345 g/mol. The molecule has 3 aliphatic rings. The average Bonchev–Trinajstić information content (AvgIpc) is 3.09. The van der Waals surface area contributed by atoms with Gasteiger partial charge >= 0.3 is 0 Å². The molecule has 1 amide bonds. The minimum absolute atomic E-state index is 0.0500. The van der Waals surface area contributed by atoms with E-state index in [2.05, 4.69) is 14.6 Å². The highest BCUT2D eigenvalue weighted by molar-refractivity contribution is 7.99. The molecule has 0 radical (unpaired) electrons. The van der Waals surface area contributed by atoms with Gasteiger partial charge in [-0.25, -0.2) is 0 Å². The number of aromatic nitrogens is 1. The second kappa shape index (κ2) is 6.63. The number of piperidine rings is 3. The Morgan fingerprint density at radius 2 is 2.00 bits per heavy atom. The highest BCUT2D eigenvalue weighted by Crippen LogP contribution is 2.29. The second-order valence-electron chi connectivity index (χ2n) is 6.18. The van der Waals surface area contributed by atoms with E-state index in [0.717, 1.165) is 22.0 Å². The minimum atomic E-state index is 0.0500. The summed E-state index contributed by atoms with van der Waals surface area (Å²) in [5.41, 5.74) is 0.740. The third-order valence-electron chi connectivity index (χ3n) is 4.73. The number of amides is 1. The molecule has 3 fully saturated rings. The molecule has 1 aromatic carbocycles. The maximum absolute atomic E-state index is 12.5. The van der Waals surface area contributed by atoms with Gasteiger partial charge in [0.2, 0.25) is 0 Å². The van der Waals surface area contributed by atoms with Crippen molar-refractivity contribution < 1.29 is 4.79 Å². The van der Waals surface area contributed by atoms with Crippen LogP contribution in [0.1, 0.15) is 23.2 Å². The predicted molar refractivity (Wildman–Crippen MR) is 93.1 cm³/mol. The number of carbonyl (C=O) groups excluding carboxylic acids is 1. The third kappa shape index (κ3) is 3.44. The summed E-state index contributed by atoms with van der Waals surface area (Å²) in [5.74, 6) is 0.706. The Kier molecular flexibility index (Phi) is 4.37. The Labute approximate surface area is 144 Å². The summed E-state index contributed by atoms with van der Waals surface area (Å²) in [5, 5.41) is 6.20.